The maximum atomic E-state index is 12.1. The first-order valence-electron chi connectivity index (χ1n) is 6.33. The zero-order chi connectivity index (χ0) is 14.5. The monoisotopic (exact) mass is 291 g/mol. The highest BCUT2D eigenvalue weighted by Crippen LogP contribution is 2.25. The number of aryl methyl sites for hydroxylation is 1. The number of hydrogen-bond acceptors (Lipinski definition) is 5. The predicted molar refractivity (Wildman–Crippen MR) is 81.5 cm³/mol. The minimum atomic E-state index is -0.204. The van der Waals surface area contributed by atoms with E-state index < -0.39 is 0 Å². The summed E-state index contributed by atoms with van der Waals surface area (Å²) < 4.78 is 5.12. The molecule has 1 aromatic carbocycles. The maximum absolute atomic E-state index is 12.1. The van der Waals surface area contributed by atoms with Crippen LogP contribution in [0.25, 0.3) is 0 Å². The quantitative estimate of drug-likeness (QED) is 0.830. The fourth-order valence-electron chi connectivity index (χ4n) is 1.70. The molecule has 3 N–H and O–H groups in total. The van der Waals surface area contributed by atoms with Gasteiger partial charge in [0.15, 0.2) is 0 Å². The van der Waals surface area contributed by atoms with E-state index in [0.29, 0.717) is 22.0 Å². The lowest BCUT2D eigenvalue weighted by Gasteiger charge is -2.08. The molecule has 20 heavy (non-hydrogen) atoms. The highest BCUT2D eigenvalue weighted by molar-refractivity contribution is 7.13. The van der Waals surface area contributed by atoms with E-state index in [9.17, 15) is 4.79 Å². The second-order valence-corrected chi connectivity index (χ2v) is 5.39. The number of anilines is 2. The standard InChI is InChI=1S/C14H17N3O2S/c1-3-4-13-16-8-12(20-13)14(18)17-11-7-9(19-2)5-6-10(11)15/h5-8H,3-4,15H2,1-2H3,(H,17,18). The lowest BCUT2D eigenvalue weighted by atomic mass is 10.2. The Labute approximate surface area is 121 Å². The predicted octanol–water partition coefficient (Wildman–Crippen LogP) is 2.94. The van der Waals surface area contributed by atoms with E-state index in [1.165, 1.54) is 11.3 Å². The zero-order valence-electron chi connectivity index (χ0n) is 11.5. The van der Waals surface area contributed by atoms with Crippen molar-refractivity contribution in [2.45, 2.75) is 19.8 Å². The molecule has 106 valence electrons. The first-order valence-corrected chi connectivity index (χ1v) is 7.15. The third kappa shape index (κ3) is 3.27. The number of methoxy groups -OCH3 is 1. The summed E-state index contributed by atoms with van der Waals surface area (Å²) in [6, 6.07) is 5.14. The van der Waals surface area contributed by atoms with Gasteiger partial charge in [0.1, 0.15) is 10.6 Å². The number of nitrogens with two attached hydrogens (primary N) is 1. The molecular weight excluding hydrogens is 274 g/mol. The van der Waals surface area contributed by atoms with E-state index in [-0.39, 0.29) is 5.91 Å². The average Bonchev–Trinajstić information content (AvgIpc) is 2.90. The van der Waals surface area contributed by atoms with Crippen molar-refractivity contribution in [3.63, 3.8) is 0 Å². The lowest BCUT2D eigenvalue weighted by molar-refractivity contribution is 0.103. The Hall–Kier alpha value is -2.08. The molecule has 0 atom stereocenters. The lowest BCUT2D eigenvalue weighted by Crippen LogP contribution is -2.11. The van der Waals surface area contributed by atoms with Crippen molar-refractivity contribution in [2.75, 3.05) is 18.2 Å². The number of amides is 1. The molecule has 2 aromatic rings. The Kier molecular flexibility index (Phi) is 4.57. The van der Waals surface area contributed by atoms with E-state index in [1.54, 1.807) is 31.5 Å². The van der Waals surface area contributed by atoms with Crippen molar-refractivity contribution < 1.29 is 9.53 Å². The number of thiazole rings is 1. The van der Waals surface area contributed by atoms with Crippen LogP contribution in [0.2, 0.25) is 0 Å². The van der Waals surface area contributed by atoms with Crippen LogP contribution in [0.1, 0.15) is 28.0 Å². The van der Waals surface area contributed by atoms with Crippen molar-refractivity contribution in [1.82, 2.24) is 4.98 Å². The molecule has 0 aliphatic carbocycles. The smallest absolute Gasteiger partial charge is 0.267 e. The molecule has 2 rings (SSSR count). The Bertz CT molecular complexity index is 610. The van der Waals surface area contributed by atoms with E-state index in [1.807, 2.05) is 0 Å². The summed E-state index contributed by atoms with van der Waals surface area (Å²) in [6.45, 7) is 2.08. The molecule has 0 aliphatic rings. The van der Waals surface area contributed by atoms with E-state index in [2.05, 4.69) is 17.2 Å². The summed E-state index contributed by atoms with van der Waals surface area (Å²) >= 11 is 1.41. The summed E-state index contributed by atoms with van der Waals surface area (Å²) in [6.07, 6.45) is 3.50. The van der Waals surface area contributed by atoms with Gasteiger partial charge in [0, 0.05) is 6.07 Å². The van der Waals surface area contributed by atoms with E-state index in [4.69, 9.17) is 10.5 Å². The highest BCUT2D eigenvalue weighted by Gasteiger charge is 2.12. The molecule has 0 aliphatic heterocycles. The summed E-state index contributed by atoms with van der Waals surface area (Å²) in [5.74, 6) is 0.440. The molecule has 1 heterocycles. The van der Waals surface area contributed by atoms with Crippen molar-refractivity contribution >= 4 is 28.6 Å². The fourth-order valence-corrected chi connectivity index (χ4v) is 2.61. The van der Waals surface area contributed by atoms with E-state index in [0.717, 1.165) is 17.8 Å². The van der Waals surface area contributed by atoms with Crippen LogP contribution >= 0.6 is 11.3 Å². The van der Waals surface area contributed by atoms with Crippen LogP contribution < -0.4 is 15.8 Å². The number of ether oxygens (including phenoxy) is 1. The second kappa shape index (κ2) is 6.38. The molecule has 1 amide bonds. The number of aromatic nitrogens is 1. The topological polar surface area (TPSA) is 77.2 Å². The van der Waals surface area contributed by atoms with Gasteiger partial charge in [0.05, 0.1) is 29.7 Å². The number of hydrogen-bond donors (Lipinski definition) is 2. The van der Waals surface area contributed by atoms with Crippen LogP contribution in [0, 0.1) is 0 Å². The van der Waals surface area contributed by atoms with Gasteiger partial charge in [-0.1, -0.05) is 6.92 Å². The molecule has 1 aromatic heterocycles. The fraction of sp³-hybridized carbons (Fsp3) is 0.286. The summed E-state index contributed by atoms with van der Waals surface area (Å²) in [5.41, 5.74) is 6.88. The third-order valence-corrected chi connectivity index (χ3v) is 3.81. The van der Waals surface area contributed by atoms with Crippen molar-refractivity contribution in [3.8, 4) is 5.75 Å². The summed E-state index contributed by atoms with van der Waals surface area (Å²) in [4.78, 5) is 17.0. The molecule has 0 unspecified atom stereocenters. The van der Waals surface area contributed by atoms with Crippen molar-refractivity contribution in [1.29, 1.82) is 0 Å². The number of carbonyl (C=O) groups excluding carboxylic acids is 1. The largest absolute Gasteiger partial charge is 0.497 e. The molecule has 0 saturated carbocycles. The Morgan fingerprint density at radius 2 is 2.30 bits per heavy atom. The average molecular weight is 291 g/mol. The first-order chi connectivity index (χ1) is 9.63. The minimum absolute atomic E-state index is 0.204. The second-order valence-electron chi connectivity index (χ2n) is 4.28. The highest BCUT2D eigenvalue weighted by atomic mass is 32.1. The van der Waals surface area contributed by atoms with Crippen molar-refractivity contribution in [3.05, 3.63) is 34.3 Å². The number of benzene rings is 1. The Balaban J connectivity index is 2.14. The zero-order valence-corrected chi connectivity index (χ0v) is 12.3. The molecule has 0 spiro atoms. The number of carbonyl (C=O) groups is 1. The van der Waals surface area contributed by atoms with Gasteiger partial charge in [-0.2, -0.15) is 0 Å². The van der Waals surface area contributed by atoms with Crippen LogP contribution in [0.15, 0.2) is 24.4 Å². The maximum Gasteiger partial charge on any atom is 0.267 e. The molecule has 0 bridgehead atoms. The van der Waals surface area contributed by atoms with Crippen LogP contribution in [-0.2, 0) is 6.42 Å². The molecule has 5 nitrogen and oxygen atoms in total. The van der Waals surface area contributed by atoms with Gasteiger partial charge in [-0.05, 0) is 25.0 Å². The van der Waals surface area contributed by atoms with Gasteiger partial charge in [-0.15, -0.1) is 11.3 Å². The van der Waals surface area contributed by atoms with Gasteiger partial charge in [0.2, 0.25) is 0 Å². The molecule has 0 saturated heterocycles. The Morgan fingerprint density at radius 1 is 1.50 bits per heavy atom. The molecule has 6 heteroatoms. The Morgan fingerprint density at radius 3 is 3.00 bits per heavy atom. The minimum Gasteiger partial charge on any atom is -0.497 e. The first kappa shape index (κ1) is 14.3. The van der Waals surface area contributed by atoms with Crippen LogP contribution in [0.3, 0.4) is 0 Å². The van der Waals surface area contributed by atoms with Gasteiger partial charge in [-0.3, -0.25) is 4.79 Å². The normalized spacial score (nSPS) is 10.3. The van der Waals surface area contributed by atoms with Gasteiger partial charge in [0.25, 0.3) is 5.91 Å². The van der Waals surface area contributed by atoms with Gasteiger partial charge >= 0.3 is 0 Å². The van der Waals surface area contributed by atoms with Crippen LogP contribution in [-0.4, -0.2) is 18.0 Å². The summed E-state index contributed by atoms with van der Waals surface area (Å²) in [5, 5.41) is 3.75. The SMILES string of the molecule is CCCc1ncc(C(=O)Nc2cc(OC)ccc2N)s1. The number of nitrogens with one attached hydrogen (secondary N) is 1. The molecule has 0 fully saturated rings. The van der Waals surface area contributed by atoms with Crippen LogP contribution in [0.5, 0.6) is 5.75 Å². The number of rotatable bonds is 5. The molecule has 0 radical (unpaired) electrons. The third-order valence-electron chi connectivity index (χ3n) is 2.75. The summed E-state index contributed by atoms with van der Waals surface area (Å²) in [7, 11) is 1.57. The van der Waals surface area contributed by atoms with Gasteiger partial charge in [-0.25, -0.2) is 4.98 Å². The molecular formula is C14H17N3O2S. The van der Waals surface area contributed by atoms with Gasteiger partial charge < -0.3 is 15.8 Å². The number of nitrogen functional groups attached to an aromatic ring is 1. The number of nitrogens with zero attached hydrogens (tertiary/aromatic N) is 1. The van der Waals surface area contributed by atoms with Crippen LogP contribution in [0.4, 0.5) is 11.4 Å². The van der Waals surface area contributed by atoms with E-state index >= 15 is 0 Å². The van der Waals surface area contributed by atoms with Crippen molar-refractivity contribution in [2.24, 2.45) is 0 Å².